The van der Waals surface area contributed by atoms with Crippen LogP contribution in [0, 0.1) is 0 Å². The topological polar surface area (TPSA) is 70.5 Å². The van der Waals surface area contributed by atoms with E-state index in [1.165, 1.54) is 4.90 Å². The molecule has 1 amide bonds. The number of rotatable bonds is 3. The summed E-state index contributed by atoms with van der Waals surface area (Å²) in [5, 5.41) is 9.00. The third kappa shape index (κ3) is 2.63. The fraction of sp³-hybridized carbons (Fsp3) is 0.364. The molecule has 90 valence electrons. The molecule has 2 rings (SSSR count). The summed E-state index contributed by atoms with van der Waals surface area (Å²) in [6, 6.07) is 2.88. The minimum atomic E-state index is -0.951. The molecule has 0 aromatic carbocycles. The van der Waals surface area contributed by atoms with Gasteiger partial charge < -0.3 is 10.0 Å². The van der Waals surface area contributed by atoms with Crippen molar-refractivity contribution >= 4 is 27.8 Å². The van der Waals surface area contributed by atoms with Gasteiger partial charge in [-0.15, -0.1) is 0 Å². The Morgan fingerprint density at radius 3 is 2.94 bits per heavy atom. The first-order chi connectivity index (χ1) is 8.08. The Morgan fingerprint density at radius 2 is 2.35 bits per heavy atom. The number of hydrogen-bond donors (Lipinski definition) is 1. The van der Waals surface area contributed by atoms with Crippen LogP contribution in [0.15, 0.2) is 22.8 Å². The average molecular weight is 299 g/mol. The van der Waals surface area contributed by atoms with Gasteiger partial charge in [0.2, 0.25) is 5.91 Å². The minimum Gasteiger partial charge on any atom is -0.480 e. The fourth-order valence-corrected chi connectivity index (χ4v) is 2.10. The van der Waals surface area contributed by atoms with E-state index in [2.05, 4.69) is 20.9 Å². The van der Waals surface area contributed by atoms with Crippen LogP contribution in [-0.4, -0.2) is 32.9 Å². The molecule has 1 aromatic rings. The van der Waals surface area contributed by atoms with Crippen LogP contribution in [0.5, 0.6) is 0 Å². The van der Waals surface area contributed by atoms with Crippen molar-refractivity contribution in [2.75, 3.05) is 0 Å². The number of carbonyl (C=O) groups is 2. The van der Waals surface area contributed by atoms with Crippen molar-refractivity contribution in [2.24, 2.45) is 0 Å². The second kappa shape index (κ2) is 4.83. The number of aromatic nitrogens is 1. The van der Waals surface area contributed by atoms with Crippen LogP contribution in [0.1, 0.15) is 18.5 Å². The van der Waals surface area contributed by atoms with E-state index in [9.17, 15) is 9.59 Å². The van der Waals surface area contributed by atoms with Crippen molar-refractivity contribution in [3.63, 3.8) is 0 Å². The first-order valence-corrected chi connectivity index (χ1v) is 6.00. The molecule has 1 saturated heterocycles. The highest BCUT2D eigenvalue weighted by Gasteiger charge is 2.35. The largest absolute Gasteiger partial charge is 0.480 e. The van der Waals surface area contributed by atoms with Gasteiger partial charge in [0.25, 0.3) is 0 Å². The summed E-state index contributed by atoms with van der Waals surface area (Å²) in [6.07, 6.45) is 2.31. The standard InChI is InChI=1S/C11H11BrN2O3/c12-7-1-2-8(13-5-7)6-14-9(11(16)17)3-4-10(14)15/h1-2,5,9H,3-4,6H2,(H,16,17). The van der Waals surface area contributed by atoms with Gasteiger partial charge in [-0.3, -0.25) is 9.78 Å². The van der Waals surface area contributed by atoms with E-state index in [-0.39, 0.29) is 12.5 Å². The normalized spacial score (nSPS) is 19.7. The maximum atomic E-state index is 11.6. The number of pyridine rings is 1. The molecule has 17 heavy (non-hydrogen) atoms. The minimum absolute atomic E-state index is 0.123. The van der Waals surface area contributed by atoms with Gasteiger partial charge in [0.1, 0.15) is 6.04 Å². The smallest absolute Gasteiger partial charge is 0.326 e. The molecular formula is C11H11BrN2O3. The van der Waals surface area contributed by atoms with Crippen molar-refractivity contribution in [1.82, 2.24) is 9.88 Å². The van der Waals surface area contributed by atoms with E-state index in [1.807, 2.05) is 6.07 Å². The number of halogens is 1. The zero-order chi connectivity index (χ0) is 12.4. The molecule has 1 aliphatic heterocycles. The number of amides is 1. The second-order valence-electron chi connectivity index (χ2n) is 3.88. The van der Waals surface area contributed by atoms with E-state index in [0.29, 0.717) is 18.5 Å². The molecule has 1 aliphatic rings. The Hall–Kier alpha value is -1.43. The highest BCUT2D eigenvalue weighted by molar-refractivity contribution is 9.10. The van der Waals surface area contributed by atoms with Gasteiger partial charge in [0.05, 0.1) is 12.2 Å². The summed E-state index contributed by atoms with van der Waals surface area (Å²) < 4.78 is 0.851. The van der Waals surface area contributed by atoms with Gasteiger partial charge in [-0.05, 0) is 34.5 Å². The van der Waals surface area contributed by atoms with Crippen LogP contribution < -0.4 is 0 Å². The summed E-state index contributed by atoms with van der Waals surface area (Å²) in [5.41, 5.74) is 0.690. The molecular weight excluding hydrogens is 288 g/mol. The van der Waals surface area contributed by atoms with Crippen LogP contribution in [0.25, 0.3) is 0 Å². The zero-order valence-electron chi connectivity index (χ0n) is 8.97. The fourth-order valence-electron chi connectivity index (χ4n) is 1.86. The Kier molecular flexibility index (Phi) is 3.42. The van der Waals surface area contributed by atoms with Crippen LogP contribution in [0.3, 0.4) is 0 Å². The monoisotopic (exact) mass is 298 g/mol. The third-order valence-electron chi connectivity index (χ3n) is 2.73. The number of aliphatic carboxylic acids is 1. The Bertz CT molecular complexity index is 447. The molecule has 0 bridgehead atoms. The van der Waals surface area contributed by atoms with E-state index in [0.717, 1.165) is 4.47 Å². The van der Waals surface area contributed by atoms with Gasteiger partial charge in [-0.25, -0.2) is 4.79 Å². The molecule has 0 spiro atoms. The Labute approximate surface area is 107 Å². The number of nitrogens with zero attached hydrogens (tertiary/aromatic N) is 2. The summed E-state index contributed by atoms with van der Waals surface area (Å²) in [7, 11) is 0. The molecule has 1 unspecified atom stereocenters. The number of carbonyl (C=O) groups excluding carboxylic acids is 1. The van der Waals surface area contributed by atoms with Crippen molar-refractivity contribution in [1.29, 1.82) is 0 Å². The highest BCUT2D eigenvalue weighted by Crippen LogP contribution is 2.21. The zero-order valence-corrected chi connectivity index (χ0v) is 10.6. The average Bonchev–Trinajstić information content (AvgIpc) is 2.64. The lowest BCUT2D eigenvalue weighted by Gasteiger charge is -2.20. The maximum Gasteiger partial charge on any atom is 0.326 e. The van der Waals surface area contributed by atoms with Crippen LogP contribution >= 0.6 is 15.9 Å². The van der Waals surface area contributed by atoms with Gasteiger partial charge in [-0.2, -0.15) is 0 Å². The first kappa shape index (κ1) is 12.0. The molecule has 1 fully saturated rings. The van der Waals surface area contributed by atoms with Gasteiger partial charge >= 0.3 is 5.97 Å². The number of carboxylic acids is 1. The van der Waals surface area contributed by atoms with Crippen molar-refractivity contribution in [2.45, 2.75) is 25.4 Å². The van der Waals surface area contributed by atoms with E-state index in [4.69, 9.17) is 5.11 Å². The molecule has 0 saturated carbocycles. The molecule has 0 aliphatic carbocycles. The lowest BCUT2D eigenvalue weighted by atomic mass is 10.2. The van der Waals surface area contributed by atoms with Crippen molar-refractivity contribution in [3.8, 4) is 0 Å². The second-order valence-corrected chi connectivity index (χ2v) is 4.80. The van der Waals surface area contributed by atoms with Crippen LogP contribution in [0.4, 0.5) is 0 Å². The first-order valence-electron chi connectivity index (χ1n) is 5.20. The van der Waals surface area contributed by atoms with Crippen LogP contribution in [0.2, 0.25) is 0 Å². The Morgan fingerprint density at radius 1 is 1.59 bits per heavy atom. The summed E-state index contributed by atoms with van der Waals surface area (Å²) in [5.74, 6) is -1.07. The number of carboxylic acid groups (broad SMARTS) is 1. The molecule has 2 heterocycles. The Balaban J connectivity index is 2.13. The van der Waals surface area contributed by atoms with Crippen molar-refractivity contribution in [3.05, 3.63) is 28.5 Å². The van der Waals surface area contributed by atoms with Gasteiger partial charge in [-0.1, -0.05) is 0 Å². The van der Waals surface area contributed by atoms with E-state index in [1.54, 1.807) is 12.3 Å². The molecule has 6 heteroatoms. The van der Waals surface area contributed by atoms with E-state index < -0.39 is 12.0 Å². The predicted octanol–water partition coefficient (Wildman–Crippen LogP) is 1.42. The molecule has 0 radical (unpaired) electrons. The third-order valence-corrected chi connectivity index (χ3v) is 3.20. The molecule has 1 atom stereocenters. The van der Waals surface area contributed by atoms with Gasteiger partial charge in [0.15, 0.2) is 0 Å². The van der Waals surface area contributed by atoms with Gasteiger partial charge in [0, 0.05) is 17.1 Å². The molecule has 5 nitrogen and oxygen atoms in total. The lowest BCUT2D eigenvalue weighted by molar-refractivity contribution is -0.146. The van der Waals surface area contributed by atoms with E-state index >= 15 is 0 Å². The lowest BCUT2D eigenvalue weighted by Crippen LogP contribution is -2.38. The maximum absolute atomic E-state index is 11.6. The summed E-state index contributed by atoms with van der Waals surface area (Å²) in [4.78, 5) is 28.1. The van der Waals surface area contributed by atoms with Crippen LogP contribution in [-0.2, 0) is 16.1 Å². The van der Waals surface area contributed by atoms with Crippen molar-refractivity contribution < 1.29 is 14.7 Å². The molecule has 1 aromatic heterocycles. The SMILES string of the molecule is O=C(O)C1CCC(=O)N1Cc1ccc(Br)cn1. The summed E-state index contributed by atoms with van der Waals surface area (Å²) >= 11 is 3.27. The summed E-state index contributed by atoms with van der Waals surface area (Å²) in [6.45, 7) is 0.253. The number of hydrogen-bond acceptors (Lipinski definition) is 3. The predicted molar refractivity (Wildman–Crippen MR) is 63.1 cm³/mol. The highest BCUT2D eigenvalue weighted by atomic mass is 79.9. The molecule has 1 N–H and O–H groups in total. The quantitative estimate of drug-likeness (QED) is 0.916. The number of likely N-dealkylation sites (tertiary alicyclic amines) is 1.